The molecule has 0 radical (unpaired) electrons. The van der Waals surface area contributed by atoms with Gasteiger partial charge in [0.2, 0.25) is 0 Å². The van der Waals surface area contributed by atoms with Gasteiger partial charge in [0.25, 0.3) is 5.56 Å². The number of nitrogens with zero attached hydrogens (tertiary/aromatic N) is 6. The summed E-state index contributed by atoms with van der Waals surface area (Å²) >= 11 is 0. The molecule has 4 heterocycles. The highest BCUT2D eigenvalue weighted by molar-refractivity contribution is 5.94. The predicted octanol–water partition coefficient (Wildman–Crippen LogP) is 3.09. The van der Waals surface area contributed by atoms with Crippen LogP contribution in [0.3, 0.4) is 0 Å². The number of aromatic amines is 1. The van der Waals surface area contributed by atoms with E-state index in [4.69, 9.17) is 9.47 Å². The standard InChI is InChI=1S/C24H25N9O3/c1-32-13-26-22(30-32)15-6-5-7-16(21(15)36-4)27-17-11-19(29-23-20(17)24(34)33(2)31-23)28-18-10-14(12-35-3)8-9-25-18/h5-11,13H,12H2,1-4H3,(H3,25,27,28,29,31). The molecule has 5 aromatic rings. The van der Waals surface area contributed by atoms with E-state index in [-0.39, 0.29) is 5.56 Å². The van der Waals surface area contributed by atoms with E-state index in [9.17, 15) is 4.79 Å². The first-order valence-electron chi connectivity index (χ1n) is 11.1. The lowest BCUT2D eigenvalue weighted by atomic mass is 10.1. The molecule has 5 rings (SSSR count). The molecule has 12 nitrogen and oxygen atoms in total. The number of rotatable bonds is 8. The molecule has 1 aromatic carbocycles. The normalized spacial score (nSPS) is 11.1. The van der Waals surface area contributed by atoms with Gasteiger partial charge in [-0.2, -0.15) is 5.10 Å². The molecule has 0 aliphatic heterocycles. The molecular weight excluding hydrogens is 462 g/mol. The highest BCUT2D eigenvalue weighted by Crippen LogP contribution is 2.37. The highest BCUT2D eigenvalue weighted by atomic mass is 16.5. The highest BCUT2D eigenvalue weighted by Gasteiger charge is 2.18. The largest absolute Gasteiger partial charge is 0.494 e. The van der Waals surface area contributed by atoms with E-state index >= 15 is 0 Å². The number of anilines is 4. The molecular formula is C24H25N9O3. The summed E-state index contributed by atoms with van der Waals surface area (Å²) in [7, 11) is 6.66. The summed E-state index contributed by atoms with van der Waals surface area (Å²) < 4.78 is 13.9. The zero-order chi connectivity index (χ0) is 25.2. The predicted molar refractivity (Wildman–Crippen MR) is 136 cm³/mol. The van der Waals surface area contributed by atoms with Crippen LogP contribution in [0.15, 0.2) is 53.7 Å². The third-order valence-electron chi connectivity index (χ3n) is 5.53. The first-order chi connectivity index (χ1) is 17.5. The molecule has 0 aliphatic carbocycles. The third kappa shape index (κ3) is 4.36. The van der Waals surface area contributed by atoms with E-state index in [1.165, 1.54) is 4.68 Å². The number of ether oxygens (including phenoxy) is 2. The topological polar surface area (TPSA) is 137 Å². The minimum atomic E-state index is -0.215. The Balaban J connectivity index is 1.58. The van der Waals surface area contributed by atoms with Gasteiger partial charge in [-0.1, -0.05) is 6.07 Å². The van der Waals surface area contributed by atoms with E-state index in [0.29, 0.717) is 57.8 Å². The van der Waals surface area contributed by atoms with Gasteiger partial charge in [-0.3, -0.25) is 19.3 Å². The van der Waals surface area contributed by atoms with Crippen LogP contribution in [0.5, 0.6) is 5.75 Å². The lowest BCUT2D eigenvalue weighted by molar-refractivity contribution is 0.185. The molecule has 3 N–H and O–H groups in total. The van der Waals surface area contributed by atoms with Crippen molar-refractivity contribution in [1.29, 1.82) is 0 Å². The summed E-state index contributed by atoms with van der Waals surface area (Å²) in [6.07, 6.45) is 3.32. The Morgan fingerprint density at radius 1 is 1.03 bits per heavy atom. The minimum absolute atomic E-state index is 0.215. The van der Waals surface area contributed by atoms with Crippen LogP contribution in [-0.2, 0) is 25.4 Å². The second-order valence-electron chi connectivity index (χ2n) is 8.12. The van der Waals surface area contributed by atoms with E-state index in [2.05, 4.69) is 35.8 Å². The van der Waals surface area contributed by atoms with Crippen LogP contribution in [0.4, 0.5) is 23.0 Å². The van der Waals surface area contributed by atoms with Gasteiger partial charge >= 0.3 is 0 Å². The maximum absolute atomic E-state index is 12.9. The number of aryl methyl sites for hydroxylation is 2. The van der Waals surface area contributed by atoms with Gasteiger partial charge in [-0.15, -0.1) is 0 Å². The van der Waals surface area contributed by atoms with Crippen molar-refractivity contribution in [2.24, 2.45) is 14.1 Å². The van der Waals surface area contributed by atoms with Crippen molar-refractivity contribution in [1.82, 2.24) is 34.5 Å². The summed E-state index contributed by atoms with van der Waals surface area (Å²) in [5.41, 5.74) is 3.07. The van der Waals surface area contributed by atoms with E-state index in [1.807, 2.05) is 30.3 Å². The molecule has 0 saturated carbocycles. The van der Waals surface area contributed by atoms with Crippen molar-refractivity contribution >= 4 is 34.0 Å². The molecule has 0 aliphatic rings. The molecule has 0 saturated heterocycles. The average Bonchev–Trinajstić information content (AvgIpc) is 3.42. The molecule has 0 fully saturated rings. The van der Waals surface area contributed by atoms with E-state index < -0.39 is 0 Å². The molecule has 0 spiro atoms. The smallest absolute Gasteiger partial charge is 0.277 e. The third-order valence-corrected chi connectivity index (χ3v) is 5.53. The SMILES string of the molecule is COCc1ccnc(Nc2cc(Nc3cccc(-c4ncn(C)n4)c3OC)c3c(=O)n(C)[nH]c3n2)c1. The molecule has 0 atom stereocenters. The number of hydrogen-bond acceptors (Lipinski definition) is 9. The van der Waals surface area contributed by atoms with Crippen LogP contribution in [0, 0.1) is 0 Å². The minimum Gasteiger partial charge on any atom is -0.494 e. The molecule has 0 unspecified atom stereocenters. The number of hydrogen-bond donors (Lipinski definition) is 3. The van der Waals surface area contributed by atoms with Gasteiger partial charge in [0.15, 0.2) is 17.2 Å². The lowest BCUT2D eigenvalue weighted by Crippen LogP contribution is -2.12. The number of fused-ring (bicyclic) bond motifs is 1. The van der Waals surface area contributed by atoms with Crippen molar-refractivity contribution < 1.29 is 9.47 Å². The quantitative estimate of drug-likeness (QED) is 0.301. The van der Waals surface area contributed by atoms with E-state index in [1.54, 1.807) is 51.6 Å². The van der Waals surface area contributed by atoms with Crippen LogP contribution < -0.4 is 20.9 Å². The molecule has 0 bridgehead atoms. The van der Waals surface area contributed by atoms with Gasteiger partial charge < -0.3 is 20.1 Å². The van der Waals surface area contributed by atoms with Gasteiger partial charge in [0.05, 0.1) is 30.7 Å². The number of aromatic nitrogens is 7. The first-order valence-corrected chi connectivity index (χ1v) is 11.1. The van der Waals surface area contributed by atoms with Crippen LogP contribution in [0.2, 0.25) is 0 Å². The van der Waals surface area contributed by atoms with Crippen molar-refractivity contribution in [3.05, 3.63) is 64.8 Å². The first kappa shape index (κ1) is 23.1. The number of para-hydroxylation sites is 1. The summed E-state index contributed by atoms with van der Waals surface area (Å²) in [5, 5.41) is 14.4. The number of pyridine rings is 2. The molecule has 184 valence electrons. The fourth-order valence-electron chi connectivity index (χ4n) is 3.95. The second kappa shape index (κ2) is 9.50. The maximum atomic E-state index is 12.9. The Labute approximate surface area is 205 Å². The van der Waals surface area contributed by atoms with Gasteiger partial charge in [-0.25, -0.2) is 15.0 Å². The van der Waals surface area contributed by atoms with Crippen molar-refractivity contribution in [3.8, 4) is 17.1 Å². The second-order valence-corrected chi connectivity index (χ2v) is 8.12. The average molecular weight is 488 g/mol. The van der Waals surface area contributed by atoms with E-state index in [0.717, 1.165) is 5.56 Å². The van der Waals surface area contributed by atoms with Gasteiger partial charge in [0, 0.05) is 33.5 Å². The Morgan fingerprint density at radius 2 is 1.89 bits per heavy atom. The summed E-state index contributed by atoms with van der Waals surface area (Å²) in [4.78, 5) is 26.2. The fraction of sp³-hybridized carbons (Fsp3) is 0.208. The fourth-order valence-corrected chi connectivity index (χ4v) is 3.95. The summed E-state index contributed by atoms with van der Waals surface area (Å²) in [5.74, 6) is 2.17. The van der Waals surface area contributed by atoms with Gasteiger partial charge in [-0.05, 0) is 29.8 Å². The molecule has 0 amide bonds. The number of benzene rings is 1. The lowest BCUT2D eigenvalue weighted by Gasteiger charge is -2.15. The molecule has 4 aromatic heterocycles. The van der Waals surface area contributed by atoms with Crippen LogP contribution in [0.25, 0.3) is 22.4 Å². The Morgan fingerprint density at radius 3 is 2.64 bits per heavy atom. The van der Waals surface area contributed by atoms with Crippen molar-refractivity contribution in [2.75, 3.05) is 24.9 Å². The number of methoxy groups -OCH3 is 2. The number of nitrogens with one attached hydrogen (secondary N) is 3. The summed E-state index contributed by atoms with van der Waals surface area (Å²) in [6.45, 7) is 0.462. The number of H-pyrrole nitrogens is 1. The van der Waals surface area contributed by atoms with Crippen molar-refractivity contribution in [3.63, 3.8) is 0 Å². The monoisotopic (exact) mass is 487 g/mol. The van der Waals surface area contributed by atoms with Crippen molar-refractivity contribution in [2.45, 2.75) is 6.61 Å². The zero-order valence-electron chi connectivity index (χ0n) is 20.2. The molecule has 36 heavy (non-hydrogen) atoms. The Kier molecular flexibility index (Phi) is 6.09. The Hall–Kier alpha value is -4.71. The van der Waals surface area contributed by atoms with Crippen LogP contribution in [-0.4, -0.2) is 48.7 Å². The van der Waals surface area contributed by atoms with Gasteiger partial charge in [0.1, 0.15) is 23.3 Å². The maximum Gasteiger partial charge on any atom is 0.277 e. The van der Waals surface area contributed by atoms with Crippen LogP contribution in [0.1, 0.15) is 5.56 Å². The Bertz CT molecular complexity index is 1600. The summed E-state index contributed by atoms with van der Waals surface area (Å²) in [6, 6.07) is 11.1. The zero-order valence-corrected chi connectivity index (χ0v) is 20.2. The van der Waals surface area contributed by atoms with Crippen LogP contribution >= 0.6 is 0 Å². The molecule has 12 heteroatoms.